The van der Waals surface area contributed by atoms with Crippen LogP contribution in [0.2, 0.25) is 0 Å². The molecule has 25 heavy (non-hydrogen) atoms. The van der Waals surface area contributed by atoms with Crippen molar-refractivity contribution in [1.82, 2.24) is 4.90 Å². The Hall–Kier alpha value is -0.860. The van der Waals surface area contributed by atoms with E-state index in [1.807, 2.05) is 0 Å². The van der Waals surface area contributed by atoms with Gasteiger partial charge in [0.1, 0.15) is 0 Å². The van der Waals surface area contributed by atoms with Gasteiger partial charge < -0.3 is 15.8 Å². The fourth-order valence-corrected chi connectivity index (χ4v) is 3.55. The minimum atomic E-state index is 0. The summed E-state index contributed by atoms with van der Waals surface area (Å²) in [6.45, 7) is 5.79. The van der Waals surface area contributed by atoms with Gasteiger partial charge in [-0.1, -0.05) is 12.1 Å². The maximum atomic E-state index is 6.08. The monoisotopic (exact) mass is 458 g/mol. The van der Waals surface area contributed by atoms with Crippen molar-refractivity contribution in [3.63, 3.8) is 0 Å². The molecule has 3 rings (SSSR count). The highest BCUT2D eigenvalue weighted by Crippen LogP contribution is 2.27. The summed E-state index contributed by atoms with van der Waals surface area (Å²) in [5.41, 5.74) is 10.1. The number of aliphatic imine (C=N–C) groups is 1. The molecule has 0 spiro atoms. The number of nitrogens with one attached hydrogen (secondary N) is 1. The summed E-state index contributed by atoms with van der Waals surface area (Å²) in [5.74, 6) is 0.542. The molecule has 0 radical (unpaired) electrons. The highest BCUT2D eigenvalue weighted by molar-refractivity contribution is 14.0. The molecule has 0 unspecified atom stereocenters. The van der Waals surface area contributed by atoms with Crippen molar-refractivity contribution in [3.8, 4) is 0 Å². The van der Waals surface area contributed by atoms with E-state index < -0.39 is 0 Å². The number of fused-ring (bicyclic) bond motifs is 1. The van der Waals surface area contributed by atoms with Crippen LogP contribution in [0.4, 0.5) is 5.69 Å². The number of aryl methyl sites for hydroxylation is 1. The number of ether oxygens (including phenoxy) is 1. The molecule has 0 atom stereocenters. The number of halogens is 1. The van der Waals surface area contributed by atoms with Gasteiger partial charge in [-0.25, -0.2) is 0 Å². The predicted molar refractivity (Wildman–Crippen MR) is 115 cm³/mol. The van der Waals surface area contributed by atoms with Crippen LogP contribution in [0.15, 0.2) is 23.2 Å². The first-order valence-corrected chi connectivity index (χ1v) is 9.31. The SMILES string of the molecule is I.NC(=NCCCCN1CCOCC1)Nc1cccc2c1CCCC2. The van der Waals surface area contributed by atoms with Gasteiger partial charge in [-0.15, -0.1) is 24.0 Å². The molecule has 140 valence electrons. The van der Waals surface area contributed by atoms with Crippen molar-refractivity contribution in [3.05, 3.63) is 29.3 Å². The van der Waals surface area contributed by atoms with Gasteiger partial charge in [-0.2, -0.15) is 0 Å². The van der Waals surface area contributed by atoms with Crippen molar-refractivity contribution in [2.45, 2.75) is 38.5 Å². The van der Waals surface area contributed by atoms with Gasteiger partial charge >= 0.3 is 0 Å². The standard InChI is InChI=1S/C19H30N4O.HI/c20-19(21-10-3-4-11-23-12-14-24-15-13-23)22-18-9-5-7-16-6-1-2-8-17(16)18;/h5,7,9H,1-4,6,8,10-15H2,(H3,20,21,22);1H. The Morgan fingerprint density at radius 2 is 1.96 bits per heavy atom. The lowest BCUT2D eigenvalue weighted by atomic mass is 9.90. The highest BCUT2D eigenvalue weighted by Gasteiger charge is 2.13. The summed E-state index contributed by atoms with van der Waals surface area (Å²) in [6, 6.07) is 6.46. The van der Waals surface area contributed by atoms with Gasteiger partial charge in [0, 0.05) is 25.3 Å². The quantitative estimate of drug-likeness (QED) is 0.298. The summed E-state index contributed by atoms with van der Waals surface area (Å²) in [6.07, 6.45) is 7.13. The lowest BCUT2D eigenvalue weighted by molar-refractivity contribution is 0.0373. The Balaban J connectivity index is 0.00000225. The second-order valence-electron chi connectivity index (χ2n) is 6.70. The Morgan fingerprint density at radius 3 is 2.80 bits per heavy atom. The van der Waals surface area contributed by atoms with E-state index >= 15 is 0 Å². The van der Waals surface area contributed by atoms with Gasteiger partial charge in [0.05, 0.1) is 13.2 Å². The molecule has 1 aromatic rings. The molecule has 1 heterocycles. The Morgan fingerprint density at radius 1 is 1.16 bits per heavy atom. The second-order valence-corrected chi connectivity index (χ2v) is 6.70. The number of nitrogens with zero attached hydrogens (tertiary/aromatic N) is 2. The molecule has 1 aliphatic heterocycles. The molecule has 6 heteroatoms. The average Bonchev–Trinajstić information content (AvgIpc) is 2.63. The molecule has 1 fully saturated rings. The summed E-state index contributed by atoms with van der Waals surface area (Å²) < 4.78 is 5.37. The van der Waals surface area contributed by atoms with E-state index in [0.717, 1.165) is 64.3 Å². The summed E-state index contributed by atoms with van der Waals surface area (Å²) in [7, 11) is 0. The van der Waals surface area contributed by atoms with Gasteiger partial charge in [-0.05, 0) is 62.3 Å². The van der Waals surface area contributed by atoms with Gasteiger partial charge in [0.25, 0.3) is 0 Å². The van der Waals surface area contributed by atoms with Crippen molar-refractivity contribution in [2.24, 2.45) is 10.7 Å². The van der Waals surface area contributed by atoms with E-state index in [-0.39, 0.29) is 24.0 Å². The van der Waals surface area contributed by atoms with Crippen LogP contribution in [-0.2, 0) is 17.6 Å². The largest absolute Gasteiger partial charge is 0.379 e. The van der Waals surface area contributed by atoms with Crippen LogP contribution in [0.1, 0.15) is 36.8 Å². The normalized spacial score (nSPS) is 18.3. The van der Waals surface area contributed by atoms with Crippen molar-refractivity contribution in [1.29, 1.82) is 0 Å². The number of morpholine rings is 1. The maximum absolute atomic E-state index is 6.08. The lowest BCUT2D eigenvalue weighted by Gasteiger charge is -2.26. The third-order valence-corrected chi connectivity index (χ3v) is 4.93. The van der Waals surface area contributed by atoms with E-state index in [1.165, 1.54) is 30.4 Å². The van der Waals surface area contributed by atoms with Gasteiger partial charge in [0.2, 0.25) is 0 Å². The zero-order chi connectivity index (χ0) is 16.6. The first kappa shape index (κ1) is 20.5. The van der Waals surface area contributed by atoms with E-state index in [0.29, 0.717) is 5.96 Å². The lowest BCUT2D eigenvalue weighted by Crippen LogP contribution is -2.36. The second kappa shape index (κ2) is 11.0. The zero-order valence-electron chi connectivity index (χ0n) is 15.0. The number of hydrogen-bond donors (Lipinski definition) is 2. The van der Waals surface area contributed by atoms with Crippen LogP contribution < -0.4 is 11.1 Å². The van der Waals surface area contributed by atoms with Crippen LogP contribution >= 0.6 is 24.0 Å². The summed E-state index contributed by atoms with van der Waals surface area (Å²) in [4.78, 5) is 6.95. The molecule has 0 bridgehead atoms. The molecule has 0 saturated carbocycles. The third-order valence-electron chi connectivity index (χ3n) is 4.93. The van der Waals surface area contributed by atoms with E-state index in [9.17, 15) is 0 Å². The maximum Gasteiger partial charge on any atom is 0.193 e. The molecular formula is C19H31IN4O. The molecule has 1 saturated heterocycles. The Kier molecular flexibility index (Phi) is 8.98. The zero-order valence-corrected chi connectivity index (χ0v) is 17.3. The average molecular weight is 458 g/mol. The van der Waals surface area contributed by atoms with Crippen molar-refractivity contribution in [2.75, 3.05) is 44.7 Å². The molecule has 0 aromatic heterocycles. The number of benzene rings is 1. The molecule has 2 aliphatic rings. The van der Waals surface area contributed by atoms with Crippen LogP contribution in [0.5, 0.6) is 0 Å². The Bertz CT molecular complexity index is 558. The summed E-state index contributed by atoms with van der Waals surface area (Å²) in [5, 5.41) is 3.31. The number of anilines is 1. The van der Waals surface area contributed by atoms with Crippen molar-refractivity contribution >= 4 is 35.6 Å². The van der Waals surface area contributed by atoms with Gasteiger partial charge in [-0.3, -0.25) is 9.89 Å². The van der Waals surface area contributed by atoms with Crippen LogP contribution in [0.25, 0.3) is 0 Å². The fourth-order valence-electron chi connectivity index (χ4n) is 3.55. The minimum Gasteiger partial charge on any atom is -0.379 e. The first-order valence-electron chi connectivity index (χ1n) is 9.31. The number of rotatable bonds is 6. The van der Waals surface area contributed by atoms with E-state index in [2.05, 4.69) is 33.4 Å². The van der Waals surface area contributed by atoms with Crippen molar-refractivity contribution < 1.29 is 4.74 Å². The van der Waals surface area contributed by atoms with Gasteiger partial charge in [0.15, 0.2) is 5.96 Å². The molecular weight excluding hydrogens is 427 g/mol. The van der Waals surface area contributed by atoms with Crippen LogP contribution in [-0.4, -0.2) is 50.3 Å². The fraction of sp³-hybridized carbons (Fsp3) is 0.632. The first-order chi connectivity index (χ1) is 11.8. The topological polar surface area (TPSA) is 62.9 Å². The number of guanidine groups is 1. The number of unbranched alkanes of at least 4 members (excludes halogenated alkanes) is 1. The Labute approximate surface area is 168 Å². The van der Waals surface area contributed by atoms with E-state index in [1.54, 1.807) is 0 Å². The number of hydrogen-bond acceptors (Lipinski definition) is 3. The molecule has 1 aromatic carbocycles. The third kappa shape index (κ3) is 6.42. The van der Waals surface area contributed by atoms with Crippen LogP contribution in [0, 0.1) is 0 Å². The molecule has 5 nitrogen and oxygen atoms in total. The molecule has 0 amide bonds. The molecule has 3 N–H and O–H groups in total. The smallest absolute Gasteiger partial charge is 0.193 e. The summed E-state index contributed by atoms with van der Waals surface area (Å²) >= 11 is 0. The predicted octanol–water partition coefficient (Wildman–Crippen LogP) is 3.02. The minimum absolute atomic E-state index is 0. The highest BCUT2D eigenvalue weighted by atomic mass is 127. The van der Waals surface area contributed by atoms with E-state index in [4.69, 9.17) is 10.5 Å². The number of nitrogens with two attached hydrogens (primary N) is 1. The molecule has 1 aliphatic carbocycles. The van der Waals surface area contributed by atoms with Crippen LogP contribution in [0.3, 0.4) is 0 Å².